The number of imidazole rings is 1. The molecule has 2 aromatic heterocycles. The number of rotatable bonds is 10. The van der Waals surface area contributed by atoms with Crippen molar-refractivity contribution in [1.29, 1.82) is 0 Å². The third-order valence-electron chi connectivity index (χ3n) is 4.81. The van der Waals surface area contributed by atoms with Crippen molar-refractivity contribution in [2.45, 2.75) is 51.5 Å². The molecule has 0 amide bonds. The first-order valence-electron chi connectivity index (χ1n) is 10.3. The summed E-state index contributed by atoms with van der Waals surface area (Å²) >= 11 is 0. The highest BCUT2D eigenvalue weighted by Crippen LogP contribution is 2.19. The zero-order valence-electron chi connectivity index (χ0n) is 18.0. The first-order chi connectivity index (χ1) is 14.3. The second-order valence-corrected chi connectivity index (χ2v) is 9.62. The smallest absolute Gasteiger partial charge is 0.240 e. The van der Waals surface area contributed by atoms with Gasteiger partial charge in [0.25, 0.3) is 0 Å². The van der Waals surface area contributed by atoms with Crippen molar-refractivity contribution in [2.24, 2.45) is 5.92 Å². The van der Waals surface area contributed by atoms with E-state index in [0.29, 0.717) is 25.6 Å². The number of ether oxygens (including phenoxy) is 1. The van der Waals surface area contributed by atoms with Gasteiger partial charge in [0.1, 0.15) is 5.82 Å². The van der Waals surface area contributed by atoms with Crippen LogP contribution in [0.5, 0.6) is 0 Å². The molecule has 7 nitrogen and oxygen atoms in total. The molecule has 0 fully saturated rings. The number of nitrogens with zero attached hydrogens (tertiary/aromatic N) is 2. The maximum Gasteiger partial charge on any atom is 0.240 e. The van der Waals surface area contributed by atoms with Gasteiger partial charge in [-0.25, -0.2) is 18.1 Å². The molecule has 8 heteroatoms. The molecule has 0 bridgehead atoms. The highest BCUT2D eigenvalue weighted by molar-refractivity contribution is 7.89. The topological polar surface area (TPSA) is 97.0 Å². The predicted octanol–water partition coefficient (Wildman–Crippen LogP) is 3.59. The van der Waals surface area contributed by atoms with Crippen LogP contribution in [0, 0.1) is 12.8 Å². The number of aromatic nitrogens is 3. The van der Waals surface area contributed by atoms with Crippen LogP contribution in [0.2, 0.25) is 0 Å². The number of aromatic amines is 1. The number of fused-ring (bicyclic) bond motifs is 1. The van der Waals surface area contributed by atoms with Gasteiger partial charge >= 0.3 is 0 Å². The van der Waals surface area contributed by atoms with Crippen LogP contribution in [0.4, 0.5) is 0 Å². The lowest BCUT2D eigenvalue weighted by Gasteiger charge is -2.20. The second kappa shape index (κ2) is 9.68. The molecule has 0 saturated carbocycles. The molecule has 0 radical (unpaired) electrons. The van der Waals surface area contributed by atoms with Gasteiger partial charge in [0.15, 0.2) is 0 Å². The first-order valence-corrected chi connectivity index (χ1v) is 11.8. The molecule has 30 heavy (non-hydrogen) atoms. The Morgan fingerprint density at radius 2 is 1.90 bits per heavy atom. The van der Waals surface area contributed by atoms with Crippen molar-refractivity contribution >= 4 is 21.1 Å². The van der Waals surface area contributed by atoms with Gasteiger partial charge in [-0.1, -0.05) is 26.0 Å². The van der Waals surface area contributed by atoms with Gasteiger partial charge < -0.3 is 9.72 Å². The van der Waals surface area contributed by atoms with Crippen LogP contribution in [-0.4, -0.2) is 42.6 Å². The minimum Gasteiger partial charge on any atom is -0.380 e. The number of nitrogens with one attached hydrogen (secondary N) is 2. The van der Waals surface area contributed by atoms with E-state index >= 15 is 0 Å². The molecule has 0 saturated heterocycles. The Bertz CT molecular complexity index is 1080. The molecule has 1 aromatic carbocycles. The van der Waals surface area contributed by atoms with Gasteiger partial charge in [0.2, 0.25) is 10.0 Å². The van der Waals surface area contributed by atoms with Gasteiger partial charge in [-0.15, -0.1) is 0 Å². The van der Waals surface area contributed by atoms with Gasteiger partial charge in [-0.05, 0) is 49.9 Å². The van der Waals surface area contributed by atoms with Crippen molar-refractivity contribution < 1.29 is 13.2 Å². The van der Waals surface area contributed by atoms with Crippen LogP contribution in [0.1, 0.15) is 44.3 Å². The van der Waals surface area contributed by atoms with E-state index in [9.17, 15) is 8.42 Å². The van der Waals surface area contributed by atoms with Gasteiger partial charge in [0, 0.05) is 25.3 Å². The fraction of sp³-hybridized carbons (Fsp3) is 0.455. The largest absolute Gasteiger partial charge is 0.380 e. The Kier molecular flexibility index (Phi) is 7.23. The van der Waals surface area contributed by atoms with Crippen molar-refractivity contribution in [3.8, 4) is 0 Å². The zero-order valence-corrected chi connectivity index (χ0v) is 18.8. The van der Waals surface area contributed by atoms with Gasteiger partial charge in [-0.2, -0.15) is 0 Å². The predicted molar refractivity (Wildman–Crippen MR) is 118 cm³/mol. The highest BCUT2D eigenvalue weighted by atomic mass is 32.2. The summed E-state index contributed by atoms with van der Waals surface area (Å²) in [6.07, 6.45) is 3.05. The highest BCUT2D eigenvalue weighted by Gasteiger charge is 2.21. The molecule has 0 unspecified atom stereocenters. The van der Waals surface area contributed by atoms with Crippen LogP contribution in [0.25, 0.3) is 11.0 Å². The minimum absolute atomic E-state index is 0.250. The molecule has 1 atom stereocenters. The van der Waals surface area contributed by atoms with E-state index in [-0.39, 0.29) is 10.9 Å². The van der Waals surface area contributed by atoms with Crippen molar-refractivity contribution in [2.75, 3.05) is 13.2 Å². The number of sulfonamides is 1. The van der Waals surface area contributed by atoms with Crippen molar-refractivity contribution in [3.05, 3.63) is 53.6 Å². The zero-order chi connectivity index (χ0) is 21.7. The Hall–Kier alpha value is -2.29. The number of hydrogen-bond donors (Lipinski definition) is 2. The third-order valence-corrected chi connectivity index (χ3v) is 6.34. The summed E-state index contributed by atoms with van der Waals surface area (Å²) in [6.45, 7) is 8.87. The van der Waals surface area contributed by atoms with E-state index in [1.807, 2.05) is 32.0 Å². The molecule has 0 aliphatic carbocycles. The lowest BCUT2D eigenvalue weighted by Crippen LogP contribution is -2.39. The summed E-state index contributed by atoms with van der Waals surface area (Å²) in [5.41, 5.74) is 3.66. The van der Waals surface area contributed by atoms with Crippen LogP contribution in [0.3, 0.4) is 0 Å². The first kappa shape index (κ1) is 22.4. The summed E-state index contributed by atoms with van der Waals surface area (Å²) in [5.74, 6) is 1.21. The molecule has 2 N–H and O–H groups in total. The molecule has 0 aliphatic rings. The number of hydrogen-bond acceptors (Lipinski definition) is 5. The molecule has 3 aromatic rings. The van der Waals surface area contributed by atoms with Crippen LogP contribution in [0.15, 0.2) is 41.4 Å². The van der Waals surface area contributed by atoms with E-state index in [4.69, 9.17) is 4.74 Å². The van der Waals surface area contributed by atoms with E-state index in [1.54, 1.807) is 18.3 Å². The summed E-state index contributed by atoms with van der Waals surface area (Å²) in [7, 11) is -3.62. The normalized spacial score (nSPS) is 13.2. The molecule has 0 spiro atoms. The Morgan fingerprint density at radius 1 is 1.17 bits per heavy atom. The van der Waals surface area contributed by atoms with Gasteiger partial charge in [0.05, 0.1) is 28.2 Å². The lowest BCUT2D eigenvalue weighted by atomic mass is 10.1. The molecule has 2 heterocycles. The Balaban J connectivity index is 1.74. The summed E-state index contributed by atoms with van der Waals surface area (Å²) in [5, 5.41) is 0. The number of benzene rings is 1. The van der Waals surface area contributed by atoms with Crippen molar-refractivity contribution in [3.63, 3.8) is 0 Å². The molecular weight excluding hydrogens is 400 g/mol. The number of pyridine rings is 1. The van der Waals surface area contributed by atoms with Gasteiger partial charge in [-0.3, -0.25) is 4.98 Å². The average molecular weight is 431 g/mol. The second-order valence-electron chi connectivity index (χ2n) is 7.90. The van der Waals surface area contributed by atoms with E-state index in [2.05, 4.69) is 33.5 Å². The van der Waals surface area contributed by atoms with Crippen molar-refractivity contribution in [1.82, 2.24) is 19.7 Å². The molecule has 3 rings (SSSR count). The number of H-pyrrole nitrogens is 1. The average Bonchev–Trinajstić information content (AvgIpc) is 3.07. The summed E-state index contributed by atoms with van der Waals surface area (Å²) in [4.78, 5) is 12.4. The Morgan fingerprint density at radius 3 is 2.57 bits per heavy atom. The maximum absolute atomic E-state index is 12.8. The fourth-order valence-corrected chi connectivity index (χ4v) is 4.73. The third kappa shape index (κ3) is 5.65. The SMILES string of the molecule is CCOC[C@@H](CC(C)C)NS(=O)(=O)c1ccc(Cc2nccc3nc(C)[nH]c23)cc1. The maximum atomic E-state index is 12.8. The standard InChI is InChI=1S/C22H30N4O3S/c1-5-29-14-18(12-15(2)3)26-30(27,28)19-8-6-17(7-9-19)13-21-22-20(10-11-23-21)24-16(4)25-22/h6-11,15,18,26H,5,12-14H2,1-4H3,(H,24,25)/t18-/m1/s1. The summed E-state index contributed by atoms with van der Waals surface area (Å²) < 4.78 is 33.9. The minimum atomic E-state index is -3.62. The lowest BCUT2D eigenvalue weighted by molar-refractivity contribution is 0.122. The molecule has 162 valence electrons. The van der Waals surface area contributed by atoms with E-state index in [0.717, 1.165) is 34.5 Å². The Labute approximate surface area is 178 Å². The number of aryl methyl sites for hydroxylation is 1. The summed E-state index contributed by atoms with van der Waals surface area (Å²) in [6, 6.07) is 8.57. The van der Waals surface area contributed by atoms with E-state index in [1.165, 1.54) is 0 Å². The quantitative estimate of drug-likeness (QED) is 0.512. The molecular formula is C22H30N4O3S. The van der Waals surface area contributed by atoms with Crippen LogP contribution >= 0.6 is 0 Å². The monoisotopic (exact) mass is 430 g/mol. The van der Waals surface area contributed by atoms with Crippen LogP contribution < -0.4 is 4.72 Å². The van der Waals surface area contributed by atoms with E-state index < -0.39 is 10.0 Å². The van der Waals surface area contributed by atoms with Crippen LogP contribution in [-0.2, 0) is 21.2 Å². The molecule has 0 aliphatic heterocycles. The fourth-order valence-electron chi connectivity index (χ4n) is 3.49.